The minimum absolute atomic E-state index is 0.0905. The van der Waals surface area contributed by atoms with Crippen LogP contribution in [0, 0.1) is 0 Å². The summed E-state index contributed by atoms with van der Waals surface area (Å²) in [5.74, 6) is -1.14. The smallest absolute Gasteiger partial charge is 0.322 e. The van der Waals surface area contributed by atoms with E-state index in [1.165, 1.54) is 12.5 Å². The van der Waals surface area contributed by atoms with Crippen LogP contribution in [0.5, 0.6) is 0 Å². The summed E-state index contributed by atoms with van der Waals surface area (Å²) in [6.07, 6.45) is 4.71. The van der Waals surface area contributed by atoms with Crippen molar-refractivity contribution >= 4 is 23.3 Å². The van der Waals surface area contributed by atoms with Gasteiger partial charge < -0.3 is 15.7 Å². The van der Waals surface area contributed by atoms with Gasteiger partial charge >= 0.3 is 5.97 Å². The molecule has 0 radical (unpaired) electrons. The lowest BCUT2D eigenvalue weighted by atomic mass is 10.5. The van der Waals surface area contributed by atoms with E-state index in [2.05, 4.69) is 25.8 Å². The van der Waals surface area contributed by atoms with Gasteiger partial charge in [0.1, 0.15) is 12.9 Å². The molecule has 0 aromatic carbocycles. The predicted molar refractivity (Wildman–Crippen MR) is 59.9 cm³/mol. The third kappa shape index (κ3) is 2.70. The van der Waals surface area contributed by atoms with Gasteiger partial charge in [-0.15, -0.1) is 10.2 Å². The Morgan fingerprint density at radius 2 is 2.22 bits per heavy atom. The average Bonchev–Trinajstić information content (AvgIpc) is 2.82. The monoisotopic (exact) mass is 250 g/mol. The fraction of sp³-hybridized carbons (Fsp3) is 0.222. The van der Waals surface area contributed by atoms with Crippen molar-refractivity contribution in [2.24, 2.45) is 0 Å². The Labute approximate surface area is 101 Å². The van der Waals surface area contributed by atoms with Crippen molar-refractivity contribution in [1.29, 1.82) is 0 Å². The second-order valence-electron chi connectivity index (χ2n) is 3.36. The topological polar surface area (TPSA) is 122 Å². The van der Waals surface area contributed by atoms with Crippen molar-refractivity contribution in [2.75, 3.05) is 18.4 Å². The minimum Gasteiger partial charge on any atom is -0.480 e. The van der Waals surface area contributed by atoms with Gasteiger partial charge in [0.25, 0.3) is 0 Å². The molecule has 2 aromatic heterocycles. The van der Waals surface area contributed by atoms with Gasteiger partial charge in [-0.2, -0.15) is 0 Å². The summed E-state index contributed by atoms with van der Waals surface area (Å²) >= 11 is 0. The number of hydrogen-bond donors (Lipinski definition) is 3. The van der Waals surface area contributed by atoms with E-state index < -0.39 is 18.4 Å². The van der Waals surface area contributed by atoms with Gasteiger partial charge in [-0.05, 0) is 0 Å². The highest BCUT2D eigenvalue weighted by atomic mass is 16.4. The lowest BCUT2D eigenvalue weighted by molar-refractivity contribution is -0.137. The highest BCUT2D eigenvalue weighted by molar-refractivity contribution is 5.84. The van der Waals surface area contributed by atoms with Crippen LogP contribution in [-0.2, 0) is 9.59 Å². The summed E-state index contributed by atoms with van der Waals surface area (Å²) in [5.41, 5.74) is 0.489. The largest absolute Gasteiger partial charge is 0.480 e. The van der Waals surface area contributed by atoms with Gasteiger partial charge in [0.05, 0.1) is 6.54 Å². The lowest BCUT2D eigenvalue weighted by Gasteiger charge is -2.05. The van der Waals surface area contributed by atoms with E-state index in [1.807, 2.05) is 0 Å². The lowest BCUT2D eigenvalue weighted by Crippen LogP contribution is -2.34. The number of carbonyl (C=O) groups is 2. The number of anilines is 1. The Balaban J connectivity index is 1.96. The number of aromatic nitrogens is 4. The number of amides is 1. The molecule has 1 amide bonds. The molecule has 9 heteroatoms. The second kappa shape index (κ2) is 5.08. The minimum atomic E-state index is -1.10. The number of rotatable bonds is 5. The molecule has 9 nitrogen and oxygen atoms in total. The van der Waals surface area contributed by atoms with Gasteiger partial charge in [0.15, 0.2) is 5.82 Å². The first-order valence-electron chi connectivity index (χ1n) is 5.03. The van der Waals surface area contributed by atoms with E-state index >= 15 is 0 Å². The number of hydrogen-bond acceptors (Lipinski definition) is 6. The summed E-state index contributed by atoms with van der Waals surface area (Å²) in [7, 11) is 0. The average molecular weight is 250 g/mol. The van der Waals surface area contributed by atoms with Crippen LogP contribution in [0.3, 0.4) is 0 Å². The Bertz CT molecular complexity index is 580. The molecule has 0 atom stereocenters. The zero-order valence-corrected chi connectivity index (χ0v) is 9.20. The molecule has 0 aliphatic rings. The Morgan fingerprint density at radius 1 is 1.39 bits per heavy atom. The molecule has 0 bridgehead atoms. The van der Waals surface area contributed by atoms with Crippen molar-refractivity contribution < 1.29 is 14.7 Å². The molecule has 94 valence electrons. The molecule has 2 rings (SSSR count). The molecule has 0 unspecified atom stereocenters. The van der Waals surface area contributed by atoms with Crippen molar-refractivity contribution in [3.8, 4) is 0 Å². The van der Waals surface area contributed by atoms with Gasteiger partial charge in [-0.25, -0.2) is 4.98 Å². The molecular weight excluding hydrogens is 240 g/mol. The maximum absolute atomic E-state index is 11.3. The summed E-state index contributed by atoms with van der Waals surface area (Å²) in [6.45, 7) is -0.504. The van der Waals surface area contributed by atoms with Crippen LogP contribution in [0.4, 0.5) is 5.82 Å². The summed E-state index contributed by atoms with van der Waals surface area (Å²) in [4.78, 5) is 25.6. The highest BCUT2D eigenvalue weighted by Gasteiger charge is 2.07. The normalized spacial score (nSPS) is 10.2. The molecule has 18 heavy (non-hydrogen) atoms. The number of carbonyl (C=O) groups excluding carboxylic acids is 1. The Morgan fingerprint density at radius 3 is 3.00 bits per heavy atom. The first-order chi connectivity index (χ1) is 8.66. The van der Waals surface area contributed by atoms with Crippen LogP contribution < -0.4 is 10.6 Å². The van der Waals surface area contributed by atoms with E-state index in [4.69, 9.17) is 5.11 Å². The van der Waals surface area contributed by atoms with Crippen molar-refractivity contribution in [2.45, 2.75) is 0 Å². The van der Waals surface area contributed by atoms with E-state index in [9.17, 15) is 9.59 Å². The molecule has 0 saturated heterocycles. The first-order valence-corrected chi connectivity index (χ1v) is 5.03. The van der Waals surface area contributed by atoms with Crippen LogP contribution >= 0.6 is 0 Å². The molecule has 2 heterocycles. The molecule has 0 fully saturated rings. The summed E-state index contributed by atoms with van der Waals surface area (Å²) in [5, 5.41) is 20.9. The fourth-order valence-electron chi connectivity index (χ4n) is 1.28. The first kappa shape index (κ1) is 11.8. The van der Waals surface area contributed by atoms with Crippen LogP contribution in [-0.4, -0.2) is 49.7 Å². The predicted octanol–water partition coefficient (Wildman–Crippen LogP) is -1.26. The number of carboxylic acid groups (broad SMARTS) is 1. The molecule has 0 aliphatic heterocycles. The van der Waals surface area contributed by atoms with Crippen LogP contribution in [0.25, 0.3) is 5.65 Å². The van der Waals surface area contributed by atoms with Crippen molar-refractivity contribution in [3.05, 3.63) is 18.7 Å². The van der Waals surface area contributed by atoms with Gasteiger partial charge in [0, 0.05) is 12.4 Å². The highest BCUT2D eigenvalue weighted by Crippen LogP contribution is 2.08. The number of aliphatic carboxylic acids is 1. The van der Waals surface area contributed by atoms with E-state index in [0.29, 0.717) is 11.5 Å². The number of nitrogens with zero attached hydrogens (tertiary/aromatic N) is 4. The van der Waals surface area contributed by atoms with E-state index in [0.717, 1.165) is 0 Å². The second-order valence-corrected chi connectivity index (χ2v) is 3.36. The van der Waals surface area contributed by atoms with E-state index in [1.54, 1.807) is 10.6 Å². The van der Waals surface area contributed by atoms with Crippen LogP contribution in [0.15, 0.2) is 18.7 Å². The Hall–Kier alpha value is -2.71. The zero-order valence-electron chi connectivity index (χ0n) is 9.20. The molecule has 0 aliphatic carbocycles. The SMILES string of the molecule is O=C(O)CNC(=O)CNc1nccn2cnnc12. The van der Waals surface area contributed by atoms with Crippen LogP contribution in [0.1, 0.15) is 0 Å². The van der Waals surface area contributed by atoms with Gasteiger partial charge in [0.2, 0.25) is 11.6 Å². The number of carboxylic acids is 1. The molecule has 0 saturated carbocycles. The number of fused-ring (bicyclic) bond motifs is 1. The molecule has 3 N–H and O–H groups in total. The third-order valence-corrected chi connectivity index (χ3v) is 2.07. The summed E-state index contributed by atoms with van der Waals surface area (Å²) in [6, 6.07) is 0. The molecular formula is C9H10N6O3. The standard InChI is InChI=1S/C9H10N6O3/c16-6(11-4-7(17)18)3-12-8-9-14-13-5-15(9)2-1-10-8/h1-2,5H,3-4H2,(H,10,12)(H,11,16)(H,17,18). The third-order valence-electron chi connectivity index (χ3n) is 2.07. The molecule has 0 spiro atoms. The fourth-order valence-corrected chi connectivity index (χ4v) is 1.28. The quantitative estimate of drug-likeness (QED) is 0.605. The maximum atomic E-state index is 11.3. The van der Waals surface area contributed by atoms with Gasteiger partial charge in [-0.1, -0.05) is 0 Å². The number of nitrogens with one attached hydrogen (secondary N) is 2. The zero-order chi connectivity index (χ0) is 13.0. The van der Waals surface area contributed by atoms with Crippen molar-refractivity contribution in [1.82, 2.24) is 24.9 Å². The maximum Gasteiger partial charge on any atom is 0.322 e. The van der Waals surface area contributed by atoms with Crippen LogP contribution in [0.2, 0.25) is 0 Å². The Kier molecular flexibility index (Phi) is 3.32. The molecule has 2 aromatic rings. The van der Waals surface area contributed by atoms with Gasteiger partial charge in [-0.3, -0.25) is 14.0 Å². The van der Waals surface area contributed by atoms with E-state index in [-0.39, 0.29) is 6.54 Å². The van der Waals surface area contributed by atoms with Crippen molar-refractivity contribution in [3.63, 3.8) is 0 Å². The summed E-state index contributed by atoms with van der Waals surface area (Å²) < 4.78 is 1.64.